The molecule has 0 bridgehead atoms. The predicted octanol–water partition coefficient (Wildman–Crippen LogP) is 2.48. The van der Waals surface area contributed by atoms with Gasteiger partial charge in [-0.15, -0.1) is 0 Å². The van der Waals surface area contributed by atoms with E-state index in [-0.39, 0.29) is 0 Å². The molecule has 0 saturated heterocycles. The number of halogens is 1. The van der Waals surface area contributed by atoms with Gasteiger partial charge >= 0.3 is 0 Å². The first-order valence-corrected chi connectivity index (χ1v) is 6.87. The fourth-order valence-electron chi connectivity index (χ4n) is 2.35. The minimum absolute atomic E-state index is 0.309. The fourth-order valence-corrected chi connectivity index (χ4v) is 2.47. The Morgan fingerprint density at radius 3 is 2.75 bits per heavy atom. The van der Waals surface area contributed by atoms with E-state index in [2.05, 4.69) is 15.4 Å². The van der Waals surface area contributed by atoms with Crippen LogP contribution in [0.25, 0.3) is 0 Å². The summed E-state index contributed by atoms with van der Waals surface area (Å²) in [4.78, 5) is 8.93. The highest BCUT2D eigenvalue weighted by Crippen LogP contribution is 2.26. The van der Waals surface area contributed by atoms with Crippen LogP contribution in [0.4, 0.5) is 5.82 Å². The molecule has 2 aromatic rings. The maximum Gasteiger partial charge on any atom is 0.168 e. The Morgan fingerprint density at radius 1 is 1.20 bits per heavy atom. The molecule has 1 aromatic carbocycles. The largest absolute Gasteiger partial charge is 0.486 e. The molecule has 0 amide bonds. The zero-order valence-corrected chi connectivity index (χ0v) is 11.7. The van der Waals surface area contributed by atoms with E-state index in [4.69, 9.17) is 22.2 Å². The SMILES string of the molecule is NNc1nc(COc2ccc(Cl)cc2)nc2c1CCC2. The van der Waals surface area contributed by atoms with Crippen LogP contribution < -0.4 is 16.0 Å². The molecule has 3 rings (SSSR count). The number of nitrogen functional groups attached to an aromatic ring is 1. The van der Waals surface area contributed by atoms with E-state index in [9.17, 15) is 0 Å². The van der Waals surface area contributed by atoms with Crippen molar-refractivity contribution in [2.24, 2.45) is 5.84 Å². The molecule has 0 radical (unpaired) electrons. The average molecular weight is 291 g/mol. The molecule has 6 heteroatoms. The average Bonchev–Trinajstić information content (AvgIpc) is 2.94. The Bertz CT molecular complexity index is 615. The Morgan fingerprint density at radius 2 is 2.00 bits per heavy atom. The quantitative estimate of drug-likeness (QED) is 0.668. The van der Waals surface area contributed by atoms with Crippen molar-refractivity contribution in [3.8, 4) is 5.75 Å². The second-order valence-corrected chi connectivity index (χ2v) is 5.09. The third kappa shape index (κ3) is 2.69. The molecule has 0 atom stereocenters. The highest BCUT2D eigenvalue weighted by atomic mass is 35.5. The van der Waals surface area contributed by atoms with Crippen LogP contribution in [0.1, 0.15) is 23.5 Å². The van der Waals surface area contributed by atoms with Crippen molar-refractivity contribution in [3.63, 3.8) is 0 Å². The van der Waals surface area contributed by atoms with Crippen LogP contribution in [-0.2, 0) is 19.4 Å². The third-order valence-electron chi connectivity index (χ3n) is 3.30. The number of nitrogens with zero attached hydrogens (tertiary/aromatic N) is 2. The summed E-state index contributed by atoms with van der Waals surface area (Å²) < 4.78 is 5.65. The molecule has 0 spiro atoms. The molecule has 3 N–H and O–H groups in total. The lowest BCUT2D eigenvalue weighted by molar-refractivity contribution is 0.295. The molecule has 1 heterocycles. The molecule has 0 fully saturated rings. The van der Waals surface area contributed by atoms with Crippen LogP contribution >= 0.6 is 11.6 Å². The van der Waals surface area contributed by atoms with Gasteiger partial charge in [-0.1, -0.05) is 11.6 Å². The standard InChI is InChI=1S/C14H15ClN4O/c15-9-4-6-10(7-5-9)20-8-13-17-12-3-1-2-11(12)14(18-13)19-16/h4-7H,1-3,8,16H2,(H,17,18,19). The number of hydrogen-bond acceptors (Lipinski definition) is 5. The van der Waals surface area contributed by atoms with Gasteiger partial charge in [0.05, 0.1) is 0 Å². The van der Waals surface area contributed by atoms with Crippen LogP contribution in [0, 0.1) is 0 Å². The molecule has 1 aliphatic rings. The summed E-state index contributed by atoms with van der Waals surface area (Å²) in [7, 11) is 0. The first-order valence-electron chi connectivity index (χ1n) is 6.50. The third-order valence-corrected chi connectivity index (χ3v) is 3.55. The number of ether oxygens (including phenoxy) is 1. The van der Waals surface area contributed by atoms with Gasteiger partial charge in [-0.25, -0.2) is 15.8 Å². The number of hydrogen-bond donors (Lipinski definition) is 2. The lowest BCUT2D eigenvalue weighted by Gasteiger charge is -2.10. The van der Waals surface area contributed by atoms with Gasteiger partial charge in [-0.2, -0.15) is 0 Å². The van der Waals surface area contributed by atoms with Crippen LogP contribution in [-0.4, -0.2) is 9.97 Å². The maximum absolute atomic E-state index is 5.83. The van der Waals surface area contributed by atoms with Gasteiger partial charge in [-0.3, -0.25) is 0 Å². The highest BCUT2D eigenvalue weighted by molar-refractivity contribution is 6.30. The second-order valence-electron chi connectivity index (χ2n) is 4.65. The van der Waals surface area contributed by atoms with Gasteiger partial charge in [0.1, 0.15) is 18.2 Å². The normalized spacial score (nSPS) is 13.1. The number of fused-ring (bicyclic) bond motifs is 1. The number of benzene rings is 1. The van der Waals surface area contributed by atoms with Crippen LogP contribution in [0.15, 0.2) is 24.3 Å². The molecule has 0 aliphatic heterocycles. The summed E-state index contributed by atoms with van der Waals surface area (Å²) in [6, 6.07) is 7.20. The number of hydrazine groups is 1. The minimum Gasteiger partial charge on any atom is -0.486 e. The zero-order chi connectivity index (χ0) is 13.9. The molecule has 1 aliphatic carbocycles. The summed E-state index contributed by atoms with van der Waals surface area (Å²) in [5.74, 6) is 7.60. The number of aromatic nitrogens is 2. The van der Waals surface area contributed by atoms with Crippen LogP contribution in [0.5, 0.6) is 5.75 Å². The number of rotatable bonds is 4. The first-order chi connectivity index (χ1) is 9.76. The fraction of sp³-hybridized carbons (Fsp3) is 0.286. The smallest absolute Gasteiger partial charge is 0.168 e. The van der Waals surface area contributed by atoms with Crippen molar-refractivity contribution in [2.75, 3.05) is 5.43 Å². The lowest BCUT2D eigenvalue weighted by Crippen LogP contribution is -2.14. The Labute approximate surface area is 122 Å². The van der Waals surface area contributed by atoms with E-state index in [1.807, 2.05) is 12.1 Å². The summed E-state index contributed by atoms with van der Waals surface area (Å²) in [5.41, 5.74) is 4.85. The number of nitrogens with one attached hydrogen (secondary N) is 1. The molecular formula is C14H15ClN4O. The molecule has 5 nitrogen and oxygen atoms in total. The Balaban J connectivity index is 1.76. The topological polar surface area (TPSA) is 73.1 Å². The number of aryl methyl sites for hydroxylation is 1. The zero-order valence-electron chi connectivity index (χ0n) is 10.9. The number of anilines is 1. The second kappa shape index (κ2) is 5.64. The van der Waals surface area contributed by atoms with Gasteiger partial charge in [0.2, 0.25) is 0 Å². The van der Waals surface area contributed by atoms with Gasteiger partial charge in [0, 0.05) is 16.3 Å². The van der Waals surface area contributed by atoms with E-state index in [1.54, 1.807) is 12.1 Å². The van der Waals surface area contributed by atoms with E-state index in [0.29, 0.717) is 23.3 Å². The Hall–Kier alpha value is -1.85. The summed E-state index contributed by atoms with van der Waals surface area (Å²) in [6.07, 6.45) is 3.05. The molecule has 104 valence electrons. The van der Waals surface area contributed by atoms with E-state index >= 15 is 0 Å². The highest BCUT2D eigenvalue weighted by Gasteiger charge is 2.18. The van der Waals surface area contributed by atoms with Crippen LogP contribution in [0.3, 0.4) is 0 Å². The minimum atomic E-state index is 0.309. The van der Waals surface area contributed by atoms with Crippen molar-refractivity contribution in [1.82, 2.24) is 9.97 Å². The molecule has 1 aromatic heterocycles. The maximum atomic E-state index is 5.83. The van der Waals surface area contributed by atoms with Crippen molar-refractivity contribution < 1.29 is 4.74 Å². The molecule has 0 saturated carbocycles. The van der Waals surface area contributed by atoms with Gasteiger partial charge in [0.25, 0.3) is 0 Å². The first kappa shape index (κ1) is 13.1. The van der Waals surface area contributed by atoms with Crippen molar-refractivity contribution in [3.05, 3.63) is 46.4 Å². The van der Waals surface area contributed by atoms with Crippen molar-refractivity contribution >= 4 is 17.4 Å². The van der Waals surface area contributed by atoms with Gasteiger partial charge in [-0.05, 0) is 43.5 Å². The monoisotopic (exact) mass is 290 g/mol. The van der Waals surface area contributed by atoms with E-state index in [0.717, 1.165) is 36.3 Å². The molecule has 0 unspecified atom stereocenters. The van der Waals surface area contributed by atoms with Gasteiger partial charge in [0.15, 0.2) is 5.82 Å². The van der Waals surface area contributed by atoms with Crippen LogP contribution in [0.2, 0.25) is 5.02 Å². The van der Waals surface area contributed by atoms with E-state index in [1.165, 1.54) is 0 Å². The lowest BCUT2D eigenvalue weighted by atomic mass is 10.2. The number of nitrogens with two attached hydrogens (primary N) is 1. The molecular weight excluding hydrogens is 276 g/mol. The van der Waals surface area contributed by atoms with E-state index < -0.39 is 0 Å². The Kier molecular flexibility index (Phi) is 3.71. The van der Waals surface area contributed by atoms with Crippen molar-refractivity contribution in [2.45, 2.75) is 25.9 Å². The summed E-state index contributed by atoms with van der Waals surface area (Å²) in [6.45, 7) is 0.309. The van der Waals surface area contributed by atoms with Crippen molar-refractivity contribution in [1.29, 1.82) is 0 Å². The molecule has 20 heavy (non-hydrogen) atoms. The predicted molar refractivity (Wildman–Crippen MR) is 77.7 cm³/mol. The van der Waals surface area contributed by atoms with Gasteiger partial charge < -0.3 is 10.2 Å². The summed E-state index contributed by atoms with van der Waals surface area (Å²) in [5, 5.41) is 0.681. The summed E-state index contributed by atoms with van der Waals surface area (Å²) >= 11 is 5.83.